The third-order valence-electron chi connectivity index (χ3n) is 2.81. The molecule has 1 heterocycles. The molecule has 1 aromatic heterocycles. The first-order chi connectivity index (χ1) is 7.35. The predicted molar refractivity (Wildman–Crippen MR) is 63.0 cm³/mol. The highest BCUT2D eigenvalue weighted by Gasteiger charge is 2.28. The van der Waals surface area contributed by atoms with Crippen LogP contribution in [0, 0.1) is 0 Å². The standard InChI is InChI=1S/C12H19N3/c1-3-15(11-5-6-11)12-7-4-10(8-13-2)9-14-12/h4,7,9,11,13H,3,5-6,8H2,1-2H3. The lowest BCUT2D eigenvalue weighted by Crippen LogP contribution is -2.25. The molecule has 0 spiro atoms. The first-order valence-electron chi connectivity index (χ1n) is 5.71. The number of nitrogens with one attached hydrogen (secondary N) is 1. The second kappa shape index (κ2) is 4.62. The minimum atomic E-state index is 0.748. The fraction of sp³-hybridized carbons (Fsp3) is 0.583. The van der Waals surface area contributed by atoms with Gasteiger partial charge in [0.1, 0.15) is 5.82 Å². The van der Waals surface area contributed by atoms with Crippen molar-refractivity contribution in [1.82, 2.24) is 10.3 Å². The zero-order chi connectivity index (χ0) is 10.7. The number of hydrogen-bond donors (Lipinski definition) is 1. The molecule has 1 aromatic rings. The second-order valence-electron chi connectivity index (χ2n) is 4.07. The number of rotatable bonds is 5. The van der Waals surface area contributed by atoms with Gasteiger partial charge in [0, 0.05) is 25.3 Å². The van der Waals surface area contributed by atoms with Crippen LogP contribution in [0.5, 0.6) is 0 Å². The van der Waals surface area contributed by atoms with Gasteiger partial charge in [0.15, 0.2) is 0 Å². The summed E-state index contributed by atoms with van der Waals surface area (Å²) >= 11 is 0. The molecule has 0 amide bonds. The van der Waals surface area contributed by atoms with Crippen molar-refractivity contribution in [3.8, 4) is 0 Å². The summed E-state index contributed by atoms with van der Waals surface area (Å²) in [5.41, 5.74) is 1.24. The van der Waals surface area contributed by atoms with Crippen LogP contribution < -0.4 is 10.2 Å². The smallest absolute Gasteiger partial charge is 0.128 e. The summed E-state index contributed by atoms with van der Waals surface area (Å²) in [7, 11) is 1.95. The van der Waals surface area contributed by atoms with Crippen molar-refractivity contribution in [1.29, 1.82) is 0 Å². The fourth-order valence-corrected chi connectivity index (χ4v) is 1.89. The largest absolute Gasteiger partial charge is 0.354 e. The van der Waals surface area contributed by atoms with Crippen molar-refractivity contribution in [3.05, 3.63) is 23.9 Å². The lowest BCUT2D eigenvalue weighted by atomic mass is 10.2. The van der Waals surface area contributed by atoms with Crippen LogP contribution in [0.4, 0.5) is 5.82 Å². The lowest BCUT2D eigenvalue weighted by molar-refractivity contribution is 0.793. The molecule has 0 bridgehead atoms. The number of pyridine rings is 1. The van der Waals surface area contributed by atoms with Gasteiger partial charge >= 0.3 is 0 Å². The van der Waals surface area contributed by atoms with Gasteiger partial charge in [-0.3, -0.25) is 0 Å². The van der Waals surface area contributed by atoms with E-state index >= 15 is 0 Å². The summed E-state index contributed by atoms with van der Waals surface area (Å²) < 4.78 is 0. The SMILES string of the molecule is CCN(c1ccc(CNC)cn1)C1CC1. The summed E-state index contributed by atoms with van der Waals surface area (Å²) in [6, 6.07) is 5.04. The summed E-state index contributed by atoms with van der Waals surface area (Å²) in [6.45, 7) is 4.15. The highest BCUT2D eigenvalue weighted by atomic mass is 15.2. The van der Waals surface area contributed by atoms with Crippen molar-refractivity contribution < 1.29 is 0 Å². The summed E-state index contributed by atoms with van der Waals surface area (Å²) in [5.74, 6) is 1.12. The Balaban J connectivity index is 2.07. The van der Waals surface area contributed by atoms with E-state index < -0.39 is 0 Å². The number of nitrogens with zero attached hydrogens (tertiary/aromatic N) is 2. The zero-order valence-electron chi connectivity index (χ0n) is 9.53. The monoisotopic (exact) mass is 205 g/mol. The van der Waals surface area contributed by atoms with Crippen LogP contribution in [-0.2, 0) is 6.54 Å². The van der Waals surface area contributed by atoms with E-state index in [1.54, 1.807) is 0 Å². The van der Waals surface area contributed by atoms with Crippen molar-refractivity contribution in [2.24, 2.45) is 0 Å². The Kier molecular flexibility index (Phi) is 3.21. The van der Waals surface area contributed by atoms with E-state index in [1.165, 1.54) is 18.4 Å². The van der Waals surface area contributed by atoms with E-state index in [9.17, 15) is 0 Å². The maximum absolute atomic E-state index is 4.52. The van der Waals surface area contributed by atoms with E-state index in [-0.39, 0.29) is 0 Å². The van der Waals surface area contributed by atoms with Crippen molar-refractivity contribution >= 4 is 5.82 Å². The minimum Gasteiger partial charge on any atom is -0.354 e. The normalized spacial score (nSPS) is 15.3. The topological polar surface area (TPSA) is 28.2 Å². The predicted octanol–water partition coefficient (Wildman–Crippen LogP) is 1.79. The molecular formula is C12H19N3. The van der Waals surface area contributed by atoms with E-state index in [0.717, 1.165) is 24.9 Å². The first-order valence-corrected chi connectivity index (χ1v) is 5.71. The quantitative estimate of drug-likeness (QED) is 0.794. The van der Waals surface area contributed by atoms with Gasteiger partial charge in [-0.15, -0.1) is 0 Å². The van der Waals surface area contributed by atoms with E-state index in [2.05, 4.69) is 34.3 Å². The minimum absolute atomic E-state index is 0.748. The van der Waals surface area contributed by atoms with Gasteiger partial charge in [0.05, 0.1) is 0 Å². The molecule has 0 aliphatic heterocycles. The van der Waals surface area contributed by atoms with Crippen LogP contribution in [-0.4, -0.2) is 24.6 Å². The molecule has 15 heavy (non-hydrogen) atoms. The van der Waals surface area contributed by atoms with Gasteiger partial charge in [-0.1, -0.05) is 6.07 Å². The molecule has 1 N–H and O–H groups in total. The molecule has 0 aromatic carbocycles. The summed E-state index contributed by atoms with van der Waals surface area (Å²) in [4.78, 5) is 6.91. The van der Waals surface area contributed by atoms with Gasteiger partial charge in [0.25, 0.3) is 0 Å². The number of anilines is 1. The highest BCUT2D eigenvalue weighted by molar-refractivity contribution is 5.41. The van der Waals surface area contributed by atoms with Crippen LogP contribution in [0.25, 0.3) is 0 Å². The van der Waals surface area contributed by atoms with Crippen LogP contribution in [0.1, 0.15) is 25.3 Å². The van der Waals surface area contributed by atoms with E-state index in [0.29, 0.717) is 0 Å². The van der Waals surface area contributed by atoms with Crippen molar-refractivity contribution in [2.75, 3.05) is 18.5 Å². The molecule has 82 valence electrons. The molecule has 1 aliphatic carbocycles. The van der Waals surface area contributed by atoms with E-state index in [1.807, 2.05) is 13.2 Å². The first kappa shape index (κ1) is 10.4. The van der Waals surface area contributed by atoms with Gasteiger partial charge in [-0.2, -0.15) is 0 Å². The molecule has 1 fully saturated rings. The average Bonchev–Trinajstić information content (AvgIpc) is 3.06. The molecule has 0 saturated heterocycles. The molecule has 3 heteroatoms. The zero-order valence-corrected chi connectivity index (χ0v) is 9.53. The summed E-state index contributed by atoms with van der Waals surface area (Å²) in [6.07, 6.45) is 4.62. The Bertz CT molecular complexity index is 303. The van der Waals surface area contributed by atoms with Crippen LogP contribution in [0.3, 0.4) is 0 Å². The number of aromatic nitrogens is 1. The Morgan fingerprint density at radius 1 is 1.47 bits per heavy atom. The second-order valence-corrected chi connectivity index (χ2v) is 4.07. The molecular weight excluding hydrogens is 186 g/mol. The Morgan fingerprint density at radius 3 is 2.73 bits per heavy atom. The van der Waals surface area contributed by atoms with Crippen molar-refractivity contribution in [3.63, 3.8) is 0 Å². The van der Waals surface area contributed by atoms with Crippen LogP contribution >= 0.6 is 0 Å². The van der Waals surface area contributed by atoms with Crippen LogP contribution in [0.2, 0.25) is 0 Å². The highest BCUT2D eigenvalue weighted by Crippen LogP contribution is 2.30. The van der Waals surface area contributed by atoms with Gasteiger partial charge in [0.2, 0.25) is 0 Å². The fourth-order valence-electron chi connectivity index (χ4n) is 1.89. The molecule has 3 nitrogen and oxygen atoms in total. The molecule has 1 saturated carbocycles. The molecule has 0 unspecified atom stereocenters. The average molecular weight is 205 g/mol. The third kappa shape index (κ3) is 2.48. The van der Waals surface area contributed by atoms with E-state index in [4.69, 9.17) is 0 Å². The third-order valence-corrected chi connectivity index (χ3v) is 2.81. The van der Waals surface area contributed by atoms with Gasteiger partial charge in [-0.25, -0.2) is 4.98 Å². The molecule has 0 radical (unpaired) electrons. The Hall–Kier alpha value is -1.09. The van der Waals surface area contributed by atoms with Crippen molar-refractivity contribution in [2.45, 2.75) is 32.4 Å². The maximum atomic E-state index is 4.52. The molecule has 2 rings (SSSR count). The van der Waals surface area contributed by atoms with Crippen LogP contribution in [0.15, 0.2) is 18.3 Å². The molecule has 1 aliphatic rings. The number of hydrogen-bond acceptors (Lipinski definition) is 3. The Morgan fingerprint density at radius 2 is 2.27 bits per heavy atom. The van der Waals surface area contributed by atoms with Gasteiger partial charge < -0.3 is 10.2 Å². The maximum Gasteiger partial charge on any atom is 0.128 e. The lowest BCUT2D eigenvalue weighted by Gasteiger charge is -2.21. The summed E-state index contributed by atoms with van der Waals surface area (Å²) in [5, 5.41) is 3.13. The molecule has 0 atom stereocenters. The Labute approximate surface area is 91.5 Å². The van der Waals surface area contributed by atoms with Gasteiger partial charge in [-0.05, 0) is 38.4 Å².